The number of alkyl carbamates (subject to hydrolysis) is 1. The Morgan fingerprint density at radius 1 is 1.50 bits per heavy atom. The Kier molecular flexibility index (Phi) is 5.53. The Labute approximate surface area is 85.6 Å². The van der Waals surface area contributed by atoms with E-state index in [2.05, 4.69) is 5.32 Å². The molecule has 1 atom stereocenters. The molecule has 0 aromatic heterocycles. The van der Waals surface area contributed by atoms with Crippen LogP contribution in [0.25, 0.3) is 0 Å². The second-order valence-electron chi connectivity index (χ2n) is 4.51. The van der Waals surface area contributed by atoms with Crippen molar-refractivity contribution in [2.24, 2.45) is 5.92 Å². The molecular formula is C10H21NO3. The van der Waals surface area contributed by atoms with E-state index in [0.29, 0.717) is 6.54 Å². The molecule has 0 saturated carbocycles. The van der Waals surface area contributed by atoms with Crippen LogP contribution in [0.2, 0.25) is 0 Å². The maximum Gasteiger partial charge on any atom is 0.407 e. The Balaban J connectivity index is 3.55. The van der Waals surface area contributed by atoms with Crippen LogP contribution in [0, 0.1) is 5.92 Å². The number of ether oxygens (including phenoxy) is 1. The average Bonchev–Trinajstić information content (AvgIpc) is 2.00. The predicted octanol–water partition coefficient (Wildman–Crippen LogP) is 1.53. The first-order valence-electron chi connectivity index (χ1n) is 4.93. The summed E-state index contributed by atoms with van der Waals surface area (Å²) >= 11 is 0. The van der Waals surface area contributed by atoms with E-state index < -0.39 is 11.7 Å². The van der Waals surface area contributed by atoms with E-state index in [4.69, 9.17) is 9.84 Å². The molecule has 1 amide bonds. The molecule has 0 aromatic rings. The highest BCUT2D eigenvalue weighted by molar-refractivity contribution is 5.67. The highest BCUT2D eigenvalue weighted by Gasteiger charge is 2.15. The van der Waals surface area contributed by atoms with E-state index in [1.165, 1.54) is 0 Å². The quantitative estimate of drug-likeness (QED) is 0.728. The molecule has 0 aliphatic heterocycles. The van der Waals surface area contributed by atoms with Gasteiger partial charge in [0.25, 0.3) is 0 Å². The molecule has 0 aliphatic carbocycles. The van der Waals surface area contributed by atoms with Crippen LogP contribution in [0.3, 0.4) is 0 Å². The lowest BCUT2D eigenvalue weighted by atomic mass is 10.1. The smallest absolute Gasteiger partial charge is 0.407 e. The predicted molar refractivity (Wildman–Crippen MR) is 55.1 cm³/mol. The fourth-order valence-corrected chi connectivity index (χ4v) is 0.826. The number of rotatable bonds is 4. The van der Waals surface area contributed by atoms with Gasteiger partial charge in [-0.3, -0.25) is 0 Å². The van der Waals surface area contributed by atoms with E-state index in [9.17, 15) is 4.79 Å². The van der Waals surface area contributed by atoms with Gasteiger partial charge in [-0.1, -0.05) is 6.92 Å². The van der Waals surface area contributed by atoms with Crippen molar-refractivity contribution in [3.63, 3.8) is 0 Å². The zero-order chi connectivity index (χ0) is 11.2. The third kappa shape index (κ3) is 7.86. The molecule has 0 unspecified atom stereocenters. The first-order chi connectivity index (χ1) is 6.35. The fourth-order valence-electron chi connectivity index (χ4n) is 0.826. The van der Waals surface area contributed by atoms with Gasteiger partial charge in [0.05, 0.1) is 0 Å². The summed E-state index contributed by atoms with van der Waals surface area (Å²) in [7, 11) is 0. The van der Waals surface area contributed by atoms with Crippen LogP contribution in [0.5, 0.6) is 0 Å². The van der Waals surface area contributed by atoms with Crippen LogP contribution in [-0.2, 0) is 4.74 Å². The Morgan fingerprint density at radius 2 is 2.07 bits per heavy atom. The molecule has 0 aromatic carbocycles. The summed E-state index contributed by atoms with van der Waals surface area (Å²) in [6, 6.07) is 0. The van der Waals surface area contributed by atoms with Crippen LogP contribution in [0.15, 0.2) is 0 Å². The molecule has 0 rings (SSSR count). The second kappa shape index (κ2) is 5.86. The summed E-state index contributed by atoms with van der Waals surface area (Å²) in [5.41, 5.74) is -0.452. The topological polar surface area (TPSA) is 58.6 Å². The summed E-state index contributed by atoms with van der Waals surface area (Å²) in [5, 5.41) is 11.4. The molecule has 4 heteroatoms. The second-order valence-corrected chi connectivity index (χ2v) is 4.51. The number of hydrogen-bond donors (Lipinski definition) is 2. The van der Waals surface area contributed by atoms with Crippen LogP contribution in [0.1, 0.15) is 34.1 Å². The fraction of sp³-hybridized carbons (Fsp3) is 0.900. The number of aliphatic hydroxyl groups is 1. The summed E-state index contributed by atoms with van der Waals surface area (Å²) in [4.78, 5) is 11.1. The van der Waals surface area contributed by atoms with Crippen LogP contribution in [-0.4, -0.2) is 30.0 Å². The van der Waals surface area contributed by atoms with Crippen LogP contribution >= 0.6 is 0 Å². The number of hydrogen-bond acceptors (Lipinski definition) is 3. The standard InChI is InChI=1S/C10H21NO3/c1-8(7-12)5-6-11-9(13)14-10(2,3)4/h8,12H,5-7H2,1-4H3,(H,11,13)/t8-/m0/s1. The number of carbonyl (C=O) groups is 1. The minimum atomic E-state index is -0.452. The summed E-state index contributed by atoms with van der Waals surface area (Å²) in [6.07, 6.45) is 0.359. The molecule has 0 aliphatic rings. The Hall–Kier alpha value is -0.770. The third-order valence-corrected chi connectivity index (χ3v) is 1.62. The van der Waals surface area contributed by atoms with Crippen molar-refractivity contribution in [2.75, 3.05) is 13.2 Å². The third-order valence-electron chi connectivity index (χ3n) is 1.62. The van der Waals surface area contributed by atoms with E-state index in [1.54, 1.807) is 0 Å². The SMILES string of the molecule is C[C@H](CO)CCNC(=O)OC(C)(C)C. The minimum absolute atomic E-state index is 0.149. The van der Waals surface area contributed by atoms with Crippen molar-refractivity contribution >= 4 is 6.09 Å². The molecule has 4 nitrogen and oxygen atoms in total. The van der Waals surface area contributed by atoms with Gasteiger partial charge < -0.3 is 15.2 Å². The largest absolute Gasteiger partial charge is 0.444 e. The Bertz CT molecular complexity index is 175. The first-order valence-corrected chi connectivity index (χ1v) is 4.93. The van der Waals surface area contributed by atoms with Crippen LogP contribution in [0.4, 0.5) is 4.79 Å². The molecule has 14 heavy (non-hydrogen) atoms. The van der Waals surface area contributed by atoms with Gasteiger partial charge in [-0.25, -0.2) is 4.79 Å². The first kappa shape index (κ1) is 13.2. The van der Waals surface area contributed by atoms with Crippen molar-refractivity contribution in [2.45, 2.75) is 39.7 Å². The lowest BCUT2D eigenvalue weighted by Crippen LogP contribution is -2.33. The molecule has 84 valence electrons. The van der Waals surface area contributed by atoms with Crippen molar-refractivity contribution in [1.29, 1.82) is 0 Å². The Morgan fingerprint density at radius 3 is 2.50 bits per heavy atom. The van der Waals surface area contributed by atoms with Crippen molar-refractivity contribution in [1.82, 2.24) is 5.32 Å². The van der Waals surface area contributed by atoms with Gasteiger partial charge in [0, 0.05) is 13.2 Å². The lowest BCUT2D eigenvalue weighted by molar-refractivity contribution is 0.0523. The molecule has 0 spiro atoms. The molecule has 2 N–H and O–H groups in total. The van der Waals surface area contributed by atoms with E-state index in [-0.39, 0.29) is 12.5 Å². The molecule has 0 saturated heterocycles. The van der Waals surface area contributed by atoms with Crippen molar-refractivity contribution < 1.29 is 14.6 Å². The molecule has 0 bridgehead atoms. The number of amides is 1. The summed E-state index contributed by atoms with van der Waals surface area (Å²) < 4.78 is 5.04. The normalized spacial score (nSPS) is 13.5. The monoisotopic (exact) mass is 203 g/mol. The van der Waals surface area contributed by atoms with Gasteiger partial charge >= 0.3 is 6.09 Å². The number of aliphatic hydroxyl groups excluding tert-OH is 1. The molecule has 0 radical (unpaired) electrons. The highest BCUT2D eigenvalue weighted by atomic mass is 16.6. The zero-order valence-corrected chi connectivity index (χ0v) is 9.46. The highest BCUT2D eigenvalue weighted by Crippen LogP contribution is 2.06. The summed E-state index contributed by atoms with van der Waals surface area (Å²) in [6.45, 7) is 8.08. The van der Waals surface area contributed by atoms with Gasteiger partial charge in [0.15, 0.2) is 0 Å². The lowest BCUT2D eigenvalue weighted by Gasteiger charge is -2.20. The maximum absolute atomic E-state index is 11.1. The maximum atomic E-state index is 11.1. The average molecular weight is 203 g/mol. The van der Waals surface area contributed by atoms with Gasteiger partial charge in [-0.05, 0) is 33.1 Å². The summed E-state index contributed by atoms with van der Waals surface area (Å²) in [5.74, 6) is 0.213. The molecule has 0 fully saturated rings. The van der Waals surface area contributed by atoms with Crippen LogP contribution < -0.4 is 5.32 Å². The minimum Gasteiger partial charge on any atom is -0.444 e. The van der Waals surface area contributed by atoms with Gasteiger partial charge in [0.2, 0.25) is 0 Å². The van der Waals surface area contributed by atoms with E-state index in [1.807, 2.05) is 27.7 Å². The van der Waals surface area contributed by atoms with Crippen molar-refractivity contribution in [3.05, 3.63) is 0 Å². The van der Waals surface area contributed by atoms with Gasteiger partial charge in [-0.15, -0.1) is 0 Å². The molecule has 0 heterocycles. The molecular weight excluding hydrogens is 182 g/mol. The van der Waals surface area contributed by atoms with E-state index >= 15 is 0 Å². The number of carbonyl (C=O) groups excluding carboxylic acids is 1. The van der Waals surface area contributed by atoms with E-state index in [0.717, 1.165) is 6.42 Å². The zero-order valence-electron chi connectivity index (χ0n) is 9.46. The van der Waals surface area contributed by atoms with Gasteiger partial charge in [-0.2, -0.15) is 0 Å². The number of nitrogens with one attached hydrogen (secondary N) is 1. The van der Waals surface area contributed by atoms with Crippen molar-refractivity contribution in [3.8, 4) is 0 Å². The van der Waals surface area contributed by atoms with Gasteiger partial charge in [0.1, 0.15) is 5.60 Å².